The first-order chi connectivity index (χ1) is 9.93. The molecule has 0 radical (unpaired) electrons. The average molecular weight is 282 g/mol. The third kappa shape index (κ3) is 2.05. The second kappa shape index (κ2) is 4.71. The van der Waals surface area contributed by atoms with Gasteiger partial charge in [0.2, 0.25) is 0 Å². The number of nitrogens with zero attached hydrogens (tertiary/aromatic N) is 1. The van der Waals surface area contributed by atoms with Gasteiger partial charge in [0.25, 0.3) is 0 Å². The summed E-state index contributed by atoms with van der Waals surface area (Å²) in [4.78, 5) is 11.0. The van der Waals surface area contributed by atoms with Crippen LogP contribution < -0.4 is 4.48 Å². The topological polar surface area (TPSA) is 37.3 Å². The molecule has 1 aliphatic rings. The first kappa shape index (κ1) is 13.8. The number of carbonyl (C=O) groups is 1. The average Bonchev–Trinajstić information content (AvgIpc) is 2.65. The lowest BCUT2D eigenvalue weighted by molar-refractivity contribution is -0.136. The number of fused-ring (bicyclic) bond motifs is 3. The van der Waals surface area contributed by atoms with Crippen LogP contribution in [0.25, 0.3) is 16.3 Å². The second-order valence-electron chi connectivity index (χ2n) is 6.09. The summed E-state index contributed by atoms with van der Waals surface area (Å²) in [5.41, 5.74) is 4.92. The summed E-state index contributed by atoms with van der Waals surface area (Å²) in [6, 6.07) is 12.7. The van der Waals surface area contributed by atoms with Crippen LogP contribution in [0.15, 0.2) is 42.1 Å². The summed E-state index contributed by atoms with van der Waals surface area (Å²) < 4.78 is 0.703. The molecule has 1 heterocycles. The molecule has 1 aliphatic heterocycles. The minimum Gasteiger partial charge on any atom is -0.481 e. The number of rotatable bonds is 3. The van der Waals surface area contributed by atoms with Gasteiger partial charge in [-0.25, -0.2) is 0 Å². The van der Waals surface area contributed by atoms with Crippen LogP contribution in [-0.2, 0) is 4.79 Å². The van der Waals surface area contributed by atoms with Gasteiger partial charge in [0.1, 0.15) is 11.4 Å². The Morgan fingerprint density at radius 3 is 2.57 bits per heavy atom. The molecule has 2 aromatic carbocycles. The normalized spacial score (nSPS) is 16.3. The van der Waals surface area contributed by atoms with E-state index in [2.05, 4.69) is 45.3 Å². The largest absolute Gasteiger partial charge is 0.481 e. The summed E-state index contributed by atoms with van der Waals surface area (Å²) in [5.74, 6) is -0.741. The lowest BCUT2D eigenvalue weighted by atomic mass is 9.95. The van der Waals surface area contributed by atoms with E-state index in [9.17, 15) is 4.79 Å². The van der Waals surface area contributed by atoms with E-state index in [1.54, 1.807) is 0 Å². The summed E-state index contributed by atoms with van der Waals surface area (Å²) in [6.07, 6.45) is 0.763. The highest BCUT2D eigenvalue weighted by molar-refractivity contribution is 6.02. The van der Waals surface area contributed by atoms with Gasteiger partial charge in [-0.05, 0) is 23.3 Å². The van der Waals surface area contributed by atoms with Crippen molar-refractivity contribution in [1.29, 1.82) is 0 Å². The molecule has 0 aromatic heterocycles. The van der Waals surface area contributed by atoms with Gasteiger partial charge in [-0.1, -0.05) is 24.3 Å². The van der Waals surface area contributed by atoms with Crippen LogP contribution in [0.1, 0.15) is 25.3 Å². The zero-order valence-electron chi connectivity index (χ0n) is 12.7. The van der Waals surface area contributed by atoms with Crippen molar-refractivity contribution in [3.05, 3.63) is 47.7 Å². The third-order valence-electron chi connectivity index (χ3n) is 4.68. The highest BCUT2D eigenvalue weighted by Gasteiger charge is 2.37. The fourth-order valence-electron chi connectivity index (χ4n) is 3.28. The summed E-state index contributed by atoms with van der Waals surface area (Å²) in [5, 5.41) is 11.5. The fraction of sp³-hybridized carbons (Fsp3) is 0.278. The van der Waals surface area contributed by atoms with E-state index >= 15 is 0 Å². The molecule has 3 heteroatoms. The molecule has 3 nitrogen and oxygen atoms in total. The van der Waals surface area contributed by atoms with Gasteiger partial charge in [-0.15, -0.1) is 0 Å². The zero-order chi connectivity index (χ0) is 15.2. The second-order valence-corrected chi connectivity index (χ2v) is 6.09. The molecule has 0 atom stereocenters. The van der Waals surface area contributed by atoms with Gasteiger partial charge in [-0.3, -0.25) is 9.28 Å². The highest BCUT2D eigenvalue weighted by atomic mass is 16.4. The highest BCUT2D eigenvalue weighted by Crippen LogP contribution is 2.47. The number of hydrogen-bond acceptors (Lipinski definition) is 1. The van der Waals surface area contributed by atoms with Gasteiger partial charge in [0.05, 0.1) is 19.7 Å². The van der Waals surface area contributed by atoms with E-state index in [4.69, 9.17) is 5.11 Å². The van der Waals surface area contributed by atoms with Crippen LogP contribution in [0.5, 0.6) is 0 Å². The summed E-state index contributed by atoms with van der Waals surface area (Å²) in [6.45, 7) is 2.12. The van der Waals surface area contributed by atoms with Gasteiger partial charge < -0.3 is 5.11 Å². The van der Waals surface area contributed by atoms with E-state index in [-0.39, 0.29) is 6.42 Å². The molecule has 1 N–H and O–H groups in total. The molecule has 0 fully saturated rings. The number of carboxylic acid groups (broad SMARTS) is 1. The van der Waals surface area contributed by atoms with E-state index in [1.807, 2.05) is 12.1 Å². The Labute approximate surface area is 124 Å². The quantitative estimate of drug-likeness (QED) is 0.863. The Kier molecular flexibility index (Phi) is 3.10. The van der Waals surface area contributed by atoms with Gasteiger partial charge >= 0.3 is 5.97 Å². The maximum atomic E-state index is 11.0. The third-order valence-corrected chi connectivity index (χ3v) is 4.68. The lowest BCUT2D eigenvalue weighted by Crippen LogP contribution is -2.36. The Hall–Kier alpha value is -2.13. The van der Waals surface area contributed by atoms with Crippen molar-refractivity contribution in [3.8, 4) is 0 Å². The van der Waals surface area contributed by atoms with Crippen LogP contribution >= 0.6 is 0 Å². The predicted molar refractivity (Wildman–Crippen MR) is 87.1 cm³/mol. The molecule has 3 rings (SSSR count). The van der Waals surface area contributed by atoms with Gasteiger partial charge in [-0.2, -0.15) is 0 Å². The number of aliphatic carboxylic acids is 1. The molecule has 0 spiro atoms. The number of benzene rings is 2. The van der Waals surface area contributed by atoms with Crippen LogP contribution in [0.3, 0.4) is 0 Å². The van der Waals surface area contributed by atoms with Crippen LogP contribution in [0, 0.1) is 0 Å². The standard InChI is InChI=1S/C18H19NO2/c1-12-14(9-11-17(20)21)18-15-7-5-4-6-13(15)8-10-16(18)19(12,2)3/h4-8,10H,9,11H2,1-3H3/p+1. The Bertz CT molecular complexity index is 772. The molecule has 0 aliphatic carbocycles. The SMILES string of the molecule is CC1=C(CCC(=O)O)c2c(ccc3ccccc23)[N+]1(C)C. The molecular weight excluding hydrogens is 262 g/mol. The molecule has 0 amide bonds. The molecule has 0 unspecified atom stereocenters. The van der Waals surface area contributed by atoms with Crippen molar-refractivity contribution in [2.45, 2.75) is 19.8 Å². The summed E-state index contributed by atoms with van der Waals surface area (Å²) >= 11 is 0. The van der Waals surface area contributed by atoms with Crippen molar-refractivity contribution in [1.82, 2.24) is 4.48 Å². The summed E-state index contributed by atoms with van der Waals surface area (Å²) in [7, 11) is 4.33. The number of allylic oxidation sites excluding steroid dienone is 2. The molecule has 108 valence electrons. The minimum absolute atomic E-state index is 0.176. The Morgan fingerprint density at radius 2 is 1.86 bits per heavy atom. The molecule has 0 saturated carbocycles. The number of carboxylic acids is 1. The van der Waals surface area contributed by atoms with E-state index in [1.165, 1.54) is 33.3 Å². The van der Waals surface area contributed by atoms with Crippen molar-refractivity contribution >= 4 is 28.0 Å². The maximum Gasteiger partial charge on any atom is 0.303 e. The van der Waals surface area contributed by atoms with Crippen LogP contribution in [0.2, 0.25) is 0 Å². The van der Waals surface area contributed by atoms with Gasteiger partial charge in [0.15, 0.2) is 0 Å². The first-order valence-electron chi connectivity index (χ1n) is 7.21. The van der Waals surface area contributed by atoms with Crippen LogP contribution in [-0.4, -0.2) is 25.2 Å². The molecule has 2 aromatic rings. The predicted octanol–water partition coefficient (Wildman–Crippen LogP) is 4.02. The molecule has 0 bridgehead atoms. The first-order valence-corrected chi connectivity index (χ1v) is 7.21. The van der Waals surface area contributed by atoms with E-state index in [0.717, 1.165) is 0 Å². The van der Waals surface area contributed by atoms with Crippen molar-refractivity contribution in [2.24, 2.45) is 0 Å². The molecule has 0 saturated heterocycles. The zero-order valence-corrected chi connectivity index (χ0v) is 12.7. The smallest absolute Gasteiger partial charge is 0.303 e. The lowest BCUT2D eigenvalue weighted by Gasteiger charge is -2.26. The van der Waals surface area contributed by atoms with Crippen LogP contribution in [0.4, 0.5) is 5.69 Å². The number of hydrogen-bond donors (Lipinski definition) is 1. The minimum atomic E-state index is -0.741. The molecule has 21 heavy (non-hydrogen) atoms. The molecular formula is C18H20NO2+. The Balaban J connectivity index is 2.25. The van der Waals surface area contributed by atoms with Gasteiger partial charge in [0, 0.05) is 25.0 Å². The van der Waals surface area contributed by atoms with Crippen molar-refractivity contribution < 1.29 is 9.90 Å². The number of quaternary nitrogens is 1. The fourth-order valence-corrected chi connectivity index (χ4v) is 3.28. The maximum absolute atomic E-state index is 11.0. The Morgan fingerprint density at radius 1 is 1.14 bits per heavy atom. The monoisotopic (exact) mass is 282 g/mol. The van der Waals surface area contributed by atoms with Crippen molar-refractivity contribution in [2.75, 3.05) is 14.1 Å². The van der Waals surface area contributed by atoms with E-state index < -0.39 is 5.97 Å². The van der Waals surface area contributed by atoms with E-state index in [0.29, 0.717) is 10.9 Å². The van der Waals surface area contributed by atoms with Crippen molar-refractivity contribution in [3.63, 3.8) is 0 Å².